The van der Waals surface area contributed by atoms with Crippen LogP contribution in [0.4, 0.5) is 4.39 Å². The van der Waals surface area contributed by atoms with E-state index in [0.717, 1.165) is 61.9 Å². The molecule has 0 N–H and O–H groups in total. The number of hydrogen-bond donors (Lipinski definition) is 0. The summed E-state index contributed by atoms with van der Waals surface area (Å²) in [6.07, 6.45) is 5.10. The molecule has 2 aromatic carbocycles. The van der Waals surface area contributed by atoms with Crippen molar-refractivity contribution in [2.24, 2.45) is 5.41 Å². The number of imidazole rings is 1. The zero-order chi connectivity index (χ0) is 20.6. The Balaban J connectivity index is 1.17. The van der Waals surface area contributed by atoms with Gasteiger partial charge in [-0.05, 0) is 62.2 Å². The molecule has 2 saturated heterocycles. The number of cyclic esters (lactones) is 1. The van der Waals surface area contributed by atoms with Gasteiger partial charge in [0.25, 0.3) is 0 Å². The Hall–Kier alpha value is -2.73. The monoisotopic (exact) mass is 407 g/mol. The van der Waals surface area contributed by atoms with Crippen LogP contribution in [0.2, 0.25) is 0 Å². The summed E-state index contributed by atoms with van der Waals surface area (Å²) in [7, 11) is 0. The van der Waals surface area contributed by atoms with E-state index in [1.807, 2.05) is 36.7 Å². The SMILES string of the molecule is O=C1OC(Cn2cnc3ccccc32)CC12CCN(CCc1ccc(F)cc1)CC2. The van der Waals surface area contributed by atoms with Crippen molar-refractivity contribution in [3.05, 3.63) is 66.2 Å². The maximum absolute atomic E-state index is 13.1. The average molecular weight is 407 g/mol. The van der Waals surface area contributed by atoms with Crippen LogP contribution >= 0.6 is 0 Å². The third-order valence-electron chi connectivity index (χ3n) is 6.70. The number of para-hydroxylation sites is 2. The molecule has 156 valence electrons. The third kappa shape index (κ3) is 3.72. The number of halogens is 1. The minimum atomic E-state index is -0.340. The lowest BCUT2D eigenvalue weighted by molar-refractivity contribution is -0.151. The normalized spacial score (nSPS) is 21.4. The molecule has 1 spiro atoms. The predicted octanol–water partition coefficient (Wildman–Crippen LogP) is 3.82. The highest BCUT2D eigenvalue weighted by molar-refractivity contribution is 5.79. The predicted molar refractivity (Wildman–Crippen MR) is 112 cm³/mol. The second-order valence-electron chi connectivity index (χ2n) is 8.62. The van der Waals surface area contributed by atoms with Crippen molar-refractivity contribution in [3.8, 4) is 0 Å². The Morgan fingerprint density at radius 1 is 1.10 bits per heavy atom. The number of aromatic nitrogens is 2. The number of piperidine rings is 1. The Labute approximate surface area is 175 Å². The molecule has 0 radical (unpaired) electrons. The highest BCUT2D eigenvalue weighted by Gasteiger charge is 2.50. The van der Waals surface area contributed by atoms with Crippen molar-refractivity contribution in [2.45, 2.75) is 38.3 Å². The van der Waals surface area contributed by atoms with Crippen molar-refractivity contribution in [2.75, 3.05) is 19.6 Å². The minimum Gasteiger partial charge on any atom is -0.460 e. The number of benzene rings is 2. The van der Waals surface area contributed by atoms with Gasteiger partial charge >= 0.3 is 5.97 Å². The van der Waals surface area contributed by atoms with Gasteiger partial charge in [0, 0.05) is 13.0 Å². The van der Waals surface area contributed by atoms with Gasteiger partial charge in [-0.2, -0.15) is 0 Å². The number of ether oxygens (including phenoxy) is 1. The van der Waals surface area contributed by atoms with E-state index in [0.29, 0.717) is 6.54 Å². The molecule has 1 unspecified atom stereocenters. The summed E-state index contributed by atoms with van der Waals surface area (Å²) in [6.45, 7) is 3.39. The lowest BCUT2D eigenvalue weighted by Gasteiger charge is -2.36. The largest absolute Gasteiger partial charge is 0.460 e. The Morgan fingerprint density at radius 3 is 2.67 bits per heavy atom. The summed E-state index contributed by atoms with van der Waals surface area (Å²) in [6, 6.07) is 14.7. The van der Waals surface area contributed by atoms with Gasteiger partial charge in [-0.1, -0.05) is 24.3 Å². The van der Waals surface area contributed by atoms with E-state index in [1.165, 1.54) is 12.1 Å². The summed E-state index contributed by atoms with van der Waals surface area (Å²) in [4.78, 5) is 19.6. The molecule has 0 aliphatic carbocycles. The van der Waals surface area contributed by atoms with Crippen LogP contribution in [-0.4, -0.2) is 46.2 Å². The molecule has 2 aliphatic heterocycles. The molecule has 2 fully saturated rings. The van der Waals surface area contributed by atoms with Crippen LogP contribution in [0.3, 0.4) is 0 Å². The fraction of sp³-hybridized carbons (Fsp3) is 0.417. The summed E-state index contributed by atoms with van der Waals surface area (Å²) in [5, 5.41) is 0. The topological polar surface area (TPSA) is 47.4 Å². The zero-order valence-corrected chi connectivity index (χ0v) is 17.0. The van der Waals surface area contributed by atoms with Crippen LogP contribution in [0.5, 0.6) is 0 Å². The van der Waals surface area contributed by atoms with Crippen LogP contribution in [-0.2, 0) is 22.5 Å². The maximum atomic E-state index is 13.1. The summed E-state index contributed by atoms with van der Waals surface area (Å²) >= 11 is 0. The molecule has 3 heterocycles. The lowest BCUT2D eigenvalue weighted by atomic mass is 9.76. The molecule has 0 saturated carbocycles. The Bertz CT molecular complexity index is 1040. The Kier molecular flexibility index (Phi) is 5.03. The number of likely N-dealkylation sites (tertiary alicyclic amines) is 1. The van der Waals surface area contributed by atoms with E-state index >= 15 is 0 Å². The smallest absolute Gasteiger partial charge is 0.312 e. The average Bonchev–Trinajstić information content (AvgIpc) is 3.30. The molecule has 0 bridgehead atoms. The second kappa shape index (κ2) is 7.84. The summed E-state index contributed by atoms with van der Waals surface area (Å²) in [5.41, 5.74) is 2.84. The molecule has 5 rings (SSSR count). The number of nitrogens with zero attached hydrogens (tertiary/aromatic N) is 3. The second-order valence-corrected chi connectivity index (χ2v) is 8.62. The van der Waals surface area contributed by atoms with Gasteiger partial charge in [-0.25, -0.2) is 9.37 Å². The van der Waals surface area contributed by atoms with Gasteiger partial charge in [-0.3, -0.25) is 4.79 Å². The van der Waals surface area contributed by atoms with Gasteiger partial charge in [0.15, 0.2) is 0 Å². The first kappa shape index (κ1) is 19.2. The number of carbonyl (C=O) groups is 1. The molecule has 0 amide bonds. The molecule has 5 nitrogen and oxygen atoms in total. The van der Waals surface area contributed by atoms with Gasteiger partial charge < -0.3 is 14.2 Å². The number of carbonyl (C=O) groups excluding carboxylic acids is 1. The van der Waals surface area contributed by atoms with Crippen LogP contribution < -0.4 is 0 Å². The number of hydrogen-bond acceptors (Lipinski definition) is 4. The van der Waals surface area contributed by atoms with E-state index in [9.17, 15) is 9.18 Å². The minimum absolute atomic E-state index is 0.0323. The van der Waals surface area contributed by atoms with Gasteiger partial charge in [-0.15, -0.1) is 0 Å². The third-order valence-corrected chi connectivity index (χ3v) is 6.70. The van der Waals surface area contributed by atoms with E-state index in [1.54, 1.807) is 0 Å². The molecule has 6 heteroatoms. The fourth-order valence-corrected chi connectivity index (χ4v) is 4.87. The van der Waals surface area contributed by atoms with Crippen molar-refractivity contribution in [1.82, 2.24) is 14.5 Å². The van der Waals surface area contributed by atoms with Crippen LogP contribution in [0.1, 0.15) is 24.8 Å². The lowest BCUT2D eigenvalue weighted by Crippen LogP contribution is -2.43. The highest BCUT2D eigenvalue weighted by Crippen LogP contribution is 2.43. The number of fused-ring (bicyclic) bond motifs is 1. The molecular weight excluding hydrogens is 381 g/mol. The van der Waals surface area contributed by atoms with Gasteiger partial charge in [0.05, 0.1) is 29.3 Å². The number of rotatable bonds is 5. The molecule has 1 aromatic heterocycles. The molecule has 3 aromatic rings. The summed E-state index contributed by atoms with van der Waals surface area (Å²) < 4.78 is 21.0. The molecular formula is C24H26FN3O2. The van der Waals surface area contributed by atoms with Crippen molar-refractivity contribution < 1.29 is 13.9 Å². The van der Waals surface area contributed by atoms with Crippen LogP contribution in [0.15, 0.2) is 54.9 Å². The van der Waals surface area contributed by atoms with E-state index in [2.05, 4.69) is 20.5 Å². The van der Waals surface area contributed by atoms with Crippen LogP contribution in [0, 0.1) is 11.2 Å². The van der Waals surface area contributed by atoms with E-state index < -0.39 is 0 Å². The fourth-order valence-electron chi connectivity index (χ4n) is 4.87. The molecule has 1 atom stereocenters. The van der Waals surface area contributed by atoms with E-state index in [4.69, 9.17) is 4.74 Å². The van der Waals surface area contributed by atoms with Crippen molar-refractivity contribution in [1.29, 1.82) is 0 Å². The summed E-state index contributed by atoms with van der Waals surface area (Å²) in [5.74, 6) is -0.230. The van der Waals surface area contributed by atoms with Gasteiger partial charge in [0.2, 0.25) is 0 Å². The number of esters is 1. The van der Waals surface area contributed by atoms with Crippen molar-refractivity contribution >= 4 is 17.0 Å². The first-order chi connectivity index (χ1) is 14.6. The van der Waals surface area contributed by atoms with Crippen LogP contribution in [0.25, 0.3) is 11.0 Å². The van der Waals surface area contributed by atoms with Crippen molar-refractivity contribution in [3.63, 3.8) is 0 Å². The zero-order valence-electron chi connectivity index (χ0n) is 17.0. The standard InChI is InChI=1S/C24H26FN3O2/c25-19-7-5-18(6-8-19)9-12-27-13-10-24(11-14-27)15-20(30-23(24)29)16-28-17-26-21-3-1-2-4-22(21)28/h1-8,17,20H,9-16H2. The first-order valence-corrected chi connectivity index (χ1v) is 10.7. The maximum Gasteiger partial charge on any atom is 0.312 e. The highest BCUT2D eigenvalue weighted by atomic mass is 19.1. The Morgan fingerprint density at radius 2 is 1.87 bits per heavy atom. The van der Waals surface area contributed by atoms with E-state index in [-0.39, 0.29) is 23.3 Å². The molecule has 2 aliphatic rings. The first-order valence-electron chi connectivity index (χ1n) is 10.7. The van der Waals surface area contributed by atoms with Gasteiger partial charge in [0.1, 0.15) is 11.9 Å². The quantitative estimate of drug-likeness (QED) is 0.604. The molecule has 30 heavy (non-hydrogen) atoms.